The minimum Gasteiger partial charge on any atom is -0.392 e. The zero-order chi connectivity index (χ0) is 8.69. The summed E-state index contributed by atoms with van der Waals surface area (Å²) < 4.78 is 0. The van der Waals surface area contributed by atoms with Gasteiger partial charge in [0.15, 0.2) is 0 Å². The fourth-order valence-electron chi connectivity index (χ4n) is 0.351. The Hall–Kier alpha value is -1.36. The summed E-state index contributed by atoms with van der Waals surface area (Å²) >= 11 is 0. The fourth-order valence-corrected chi connectivity index (χ4v) is 0.351. The first-order valence-corrected chi connectivity index (χ1v) is 3.00. The van der Waals surface area contributed by atoms with Gasteiger partial charge in [-0.3, -0.25) is 20.4 Å². The molecule has 0 aliphatic carbocycles. The van der Waals surface area contributed by atoms with Gasteiger partial charge in [-0.2, -0.15) is 0 Å². The second-order valence-corrected chi connectivity index (χ2v) is 1.76. The molecule has 0 saturated carbocycles. The molecule has 0 saturated heterocycles. The van der Waals surface area contributed by atoms with E-state index in [-0.39, 0.29) is 12.5 Å². The monoisotopic (exact) mass is 158 g/mol. The minimum absolute atomic E-state index is 0.201. The summed E-state index contributed by atoms with van der Waals surface area (Å²) in [5, 5.41) is 8.24. The smallest absolute Gasteiger partial charge is 0.262 e. The van der Waals surface area contributed by atoms with Crippen LogP contribution in [0.3, 0.4) is 0 Å². The number of aliphatic hydroxyl groups excluding tert-OH is 1. The highest BCUT2D eigenvalue weighted by molar-refractivity contribution is 5.89. The highest BCUT2D eigenvalue weighted by Crippen LogP contribution is 1.69. The van der Waals surface area contributed by atoms with Crippen LogP contribution in [0.25, 0.3) is 0 Å². The van der Waals surface area contributed by atoms with E-state index in [0.717, 1.165) is 6.08 Å². The number of amides is 2. The van der Waals surface area contributed by atoms with Crippen LogP contribution < -0.4 is 10.9 Å². The summed E-state index contributed by atoms with van der Waals surface area (Å²) in [6.07, 6.45) is 2.38. The van der Waals surface area contributed by atoms with Crippen molar-refractivity contribution >= 4 is 11.8 Å². The van der Waals surface area contributed by atoms with Crippen molar-refractivity contribution in [3.63, 3.8) is 0 Å². The van der Waals surface area contributed by atoms with Gasteiger partial charge in [0, 0.05) is 13.0 Å². The maximum Gasteiger partial charge on any atom is 0.262 e. The molecule has 0 aliphatic heterocycles. The minimum atomic E-state index is -0.478. The highest BCUT2D eigenvalue weighted by atomic mass is 16.2. The van der Waals surface area contributed by atoms with E-state index in [0.29, 0.717) is 0 Å². The second-order valence-electron chi connectivity index (χ2n) is 1.76. The Bertz CT molecular complexity index is 177. The van der Waals surface area contributed by atoms with Crippen molar-refractivity contribution in [2.75, 3.05) is 6.61 Å². The van der Waals surface area contributed by atoms with Crippen molar-refractivity contribution in [2.24, 2.45) is 0 Å². The van der Waals surface area contributed by atoms with E-state index in [1.165, 1.54) is 13.0 Å². The van der Waals surface area contributed by atoms with Gasteiger partial charge in [-0.15, -0.1) is 0 Å². The van der Waals surface area contributed by atoms with Gasteiger partial charge in [0.05, 0.1) is 6.61 Å². The Morgan fingerprint density at radius 3 is 2.55 bits per heavy atom. The van der Waals surface area contributed by atoms with Crippen LogP contribution in [0.15, 0.2) is 12.2 Å². The molecule has 0 heterocycles. The van der Waals surface area contributed by atoms with Crippen LogP contribution in [0, 0.1) is 0 Å². The van der Waals surface area contributed by atoms with Gasteiger partial charge < -0.3 is 5.11 Å². The molecular weight excluding hydrogens is 148 g/mol. The van der Waals surface area contributed by atoms with Gasteiger partial charge in [-0.1, -0.05) is 6.08 Å². The third kappa shape index (κ3) is 6.53. The summed E-state index contributed by atoms with van der Waals surface area (Å²) in [7, 11) is 0. The van der Waals surface area contributed by atoms with Crippen LogP contribution in [-0.2, 0) is 9.59 Å². The summed E-state index contributed by atoms with van der Waals surface area (Å²) in [4.78, 5) is 20.8. The predicted octanol–water partition coefficient (Wildman–Crippen LogP) is -1.30. The summed E-state index contributed by atoms with van der Waals surface area (Å²) in [5.74, 6) is -0.829. The quantitative estimate of drug-likeness (QED) is 0.345. The van der Waals surface area contributed by atoms with Crippen LogP contribution in [-0.4, -0.2) is 23.5 Å². The third-order valence-corrected chi connectivity index (χ3v) is 0.736. The van der Waals surface area contributed by atoms with Gasteiger partial charge in [-0.05, 0) is 0 Å². The summed E-state index contributed by atoms with van der Waals surface area (Å²) in [5.41, 5.74) is 4.16. The van der Waals surface area contributed by atoms with E-state index >= 15 is 0 Å². The van der Waals surface area contributed by atoms with Crippen LogP contribution >= 0.6 is 0 Å². The molecule has 62 valence electrons. The lowest BCUT2D eigenvalue weighted by molar-refractivity contribution is -0.125. The molecule has 0 unspecified atom stereocenters. The number of hydrogen-bond donors (Lipinski definition) is 3. The lowest BCUT2D eigenvalue weighted by Gasteiger charge is -1.99. The predicted molar refractivity (Wildman–Crippen MR) is 38.2 cm³/mol. The molecule has 5 heteroatoms. The average molecular weight is 158 g/mol. The van der Waals surface area contributed by atoms with Crippen molar-refractivity contribution in [2.45, 2.75) is 6.92 Å². The largest absolute Gasteiger partial charge is 0.392 e. The Balaban J connectivity index is 3.53. The van der Waals surface area contributed by atoms with Gasteiger partial charge >= 0.3 is 0 Å². The number of hydrazine groups is 1. The number of carbonyl (C=O) groups is 2. The average Bonchev–Trinajstić information content (AvgIpc) is 1.97. The molecule has 3 N–H and O–H groups in total. The molecule has 11 heavy (non-hydrogen) atoms. The molecule has 0 atom stereocenters. The van der Waals surface area contributed by atoms with Crippen molar-refractivity contribution in [3.05, 3.63) is 12.2 Å². The lowest BCUT2D eigenvalue weighted by atomic mass is 10.5. The van der Waals surface area contributed by atoms with Gasteiger partial charge in [0.1, 0.15) is 0 Å². The van der Waals surface area contributed by atoms with Crippen LogP contribution in [0.4, 0.5) is 0 Å². The highest BCUT2D eigenvalue weighted by Gasteiger charge is 1.93. The van der Waals surface area contributed by atoms with Crippen molar-refractivity contribution in [3.8, 4) is 0 Å². The topological polar surface area (TPSA) is 78.4 Å². The molecule has 2 amide bonds. The number of aliphatic hydroxyl groups is 1. The number of rotatable bonds is 2. The Labute approximate surface area is 64.1 Å². The number of nitrogens with one attached hydrogen (secondary N) is 2. The Morgan fingerprint density at radius 1 is 1.45 bits per heavy atom. The zero-order valence-electron chi connectivity index (χ0n) is 6.13. The molecular formula is C6H10N2O3. The molecule has 0 bridgehead atoms. The molecule has 0 radical (unpaired) electrons. The Morgan fingerprint density at radius 2 is 2.09 bits per heavy atom. The first kappa shape index (κ1) is 9.64. The van der Waals surface area contributed by atoms with Crippen LogP contribution in [0.1, 0.15) is 6.92 Å². The van der Waals surface area contributed by atoms with Crippen molar-refractivity contribution < 1.29 is 14.7 Å². The van der Waals surface area contributed by atoms with Gasteiger partial charge in [0.2, 0.25) is 5.91 Å². The molecule has 0 spiro atoms. The van der Waals surface area contributed by atoms with E-state index in [9.17, 15) is 9.59 Å². The first-order chi connectivity index (χ1) is 5.16. The van der Waals surface area contributed by atoms with Crippen molar-refractivity contribution in [1.29, 1.82) is 0 Å². The standard InChI is InChI=1S/C6H10N2O3/c1-5(10)7-8-6(11)3-2-4-9/h2-3,9H,4H2,1H3,(H,7,10)(H,8,11). The van der Waals surface area contributed by atoms with E-state index in [2.05, 4.69) is 10.9 Å². The number of carbonyl (C=O) groups excluding carboxylic acids is 2. The van der Waals surface area contributed by atoms with Crippen LogP contribution in [0.5, 0.6) is 0 Å². The molecule has 0 aromatic heterocycles. The molecule has 0 aromatic carbocycles. The van der Waals surface area contributed by atoms with E-state index in [4.69, 9.17) is 5.11 Å². The van der Waals surface area contributed by atoms with Crippen molar-refractivity contribution in [1.82, 2.24) is 10.9 Å². The molecule has 5 nitrogen and oxygen atoms in total. The fraction of sp³-hybridized carbons (Fsp3) is 0.333. The summed E-state index contributed by atoms with van der Waals surface area (Å²) in [6, 6.07) is 0. The van der Waals surface area contributed by atoms with Crippen LogP contribution in [0.2, 0.25) is 0 Å². The lowest BCUT2D eigenvalue weighted by Crippen LogP contribution is -2.39. The maximum absolute atomic E-state index is 10.6. The second kappa shape index (κ2) is 5.43. The SMILES string of the molecule is CC(=O)NNC(=O)C=CCO. The van der Waals surface area contributed by atoms with Gasteiger partial charge in [-0.25, -0.2) is 0 Å². The van der Waals surface area contributed by atoms with Gasteiger partial charge in [0.25, 0.3) is 5.91 Å². The first-order valence-electron chi connectivity index (χ1n) is 3.00. The number of hydrogen-bond acceptors (Lipinski definition) is 3. The zero-order valence-corrected chi connectivity index (χ0v) is 6.13. The van der Waals surface area contributed by atoms with E-state index in [1.807, 2.05) is 0 Å². The maximum atomic E-state index is 10.6. The molecule has 0 aliphatic rings. The Kier molecular flexibility index (Phi) is 4.76. The van der Waals surface area contributed by atoms with E-state index < -0.39 is 5.91 Å². The molecule has 0 aromatic rings. The normalized spacial score (nSPS) is 9.64. The van der Waals surface area contributed by atoms with E-state index in [1.54, 1.807) is 0 Å². The molecule has 0 fully saturated rings. The molecule has 0 rings (SSSR count). The third-order valence-electron chi connectivity index (χ3n) is 0.736. The summed E-state index contributed by atoms with van der Waals surface area (Å²) in [6.45, 7) is 1.07.